The van der Waals surface area contributed by atoms with Gasteiger partial charge in [0.25, 0.3) is 0 Å². The number of hydrogen-bond acceptors (Lipinski definition) is 8. The van der Waals surface area contributed by atoms with Gasteiger partial charge < -0.3 is 20.7 Å². The van der Waals surface area contributed by atoms with Gasteiger partial charge in [-0.1, -0.05) is 0 Å². The lowest BCUT2D eigenvalue weighted by atomic mass is 10.1. The van der Waals surface area contributed by atoms with E-state index in [0.29, 0.717) is 22.8 Å². The molecule has 4 rings (SSSR count). The molecule has 2 aliphatic rings. The Morgan fingerprint density at radius 3 is 2.90 bits per heavy atom. The number of aliphatic hydroxyl groups is 2. The Labute approximate surface area is 118 Å². The SMILES string of the molecule is CSC1c2nc3c(N)ncnc3n2[C@@H]2O[C@H]1[C@@H](O)[C@H]2O. The molecular formula is C11H13N5O3S. The van der Waals surface area contributed by atoms with Crippen LogP contribution < -0.4 is 5.73 Å². The van der Waals surface area contributed by atoms with Crippen LogP contribution in [0.15, 0.2) is 6.33 Å². The van der Waals surface area contributed by atoms with Crippen LogP contribution in [-0.4, -0.2) is 54.3 Å². The number of fused-ring (bicyclic) bond motifs is 6. The summed E-state index contributed by atoms with van der Waals surface area (Å²) in [4.78, 5) is 12.6. The van der Waals surface area contributed by atoms with Crippen molar-refractivity contribution in [1.29, 1.82) is 0 Å². The van der Waals surface area contributed by atoms with Crippen LogP contribution in [0.25, 0.3) is 11.2 Å². The fourth-order valence-electron chi connectivity index (χ4n) is 2.93. The summed E-state index contributed by atoms with van der Waals surface area (Å²) < 4.78 is 7.47. The highest BCUT2D eigenvalue weighted by Gasteiger charge is 2.53. The Morgan fingerprint density at radius 2 is 2.15 bits per heavy atom. The third-order valence-electron chi connectivity index (χ3n) is 3.87. The van der Waals surface area contributed by atoms with Crippen LogP contribution in [0.4, 0.5) is 5.82 Å². The fourth-order valence-corrected chi connectivity index (χ4v) is 3.80. The molecule has 0 saturated carbocycles. The molecule has 0 aromatic carbocycles. The van der Waals surface area contributed by atoms with E-state index < -0.39 is 24.5 Å². The number of nitrogen functional groups attached to an aromatic ring is 1. The second-order valence-corrected chi connectivity index (χ2v) is 5.88. The van der Waals surface area contributed by atoms with Gasteiger partial charge in [0.15, 0.2) is 23.2 Å². The van der Waals surface area contributed by atoms with E-state index in [0.717, 1.165) is 0 Å². The lowest BCUT2D eigenvalue weighted by Gasteiger charge is -2.29. The van der Waals surface area contributed by atoms with Gasteiger partial charge in [-0.15, -0.1) is 0 Å². The molecule has 9 heteroatoms. The van der Waals surface area contributed by atoms with Gasteiger partial charge in [-0.05, 0) is 6.26 Å². The average Bonchev–Trinajstić information content (AvgIpc) is 2.94. The van der Waals surface area contributed by atoms with Crippen molar-refractivity contribution in [1.82, 2.24) is 19.5 Å². The molecule has 0 radical (unpaired) electrons. The Kier molecular flexibility index (Phi) is 2.49. The molecule has 8 nitrogen and oxygen atoms in total. The minimum absolute atomic E-state index is 0.188. The van der Waals surface area contributed by atoms with Crippen molar-refractivity contribution in [2.45, 2.75) is 29.8 Å². The van der Waals surface area contributed by atoms with Gasteiger partial charge >= 0.3 is 0 Å². The van der Waals surface area contributed by atoms with Crippen molar-refractivity contribution in [2.75, 3.05) is 12.0 Å². The van der Waals surface area contributed by atoms with E-state index in [2.05, 4.69) is 15.0 Å². The van der Waals surface area contributed by atoms with Crippen LogP contribution in [0.1, 0.15) is 17.3 Å². The maximum Gasteiger partial charge on any atom is 0.167 e. The van der Waals surface area contributed by atoms with Crippen molar-refractivity contribution in [3.05, 3.63) is 12.2 Å². The van der Waals surface area contributed by atoms with Crippen LogP contribution in [0.5, 0.6) is 0 Å². The molecule has 1 fully saturated rings. The molecule has 5 atom stereocenters. The summed E-state index contributed by atoms with van der Waals surface area (Å²) in [5.74, 6) is 0.999. The number of aromatic nitrogens is 4. The number of thioether (sulfide) groups is 1. The highest BCUT2D eigenvalue weighted by molar-refractivity contribution is 7.98. The Bertz CT molecular complexity index is 692. The molecule has 1 unspecified atom stereocenters. The van der Waals surface area contributed by atoms with Crippen molar-refractivity contribution >= 4 is 28.7 Å². The molecule has 2 aliphatic heterocycles. The first-order chi connectivity index (χ1) is 9.63. The number of nitrogens with two attached hydrogens (primary N) is 1. The van der Waals surface area contributed by atoms with Crippen molar-refractivity contribution in [2.24, 2.45) is 0 Å². The van der Waals surface area contributed by atoms with Crippen LogP contribution in [0.2, 0.25) is 0 Å². The molecule has 1 saturated heterocycles. The average molecular weight is 295 g/mol. The standard InChI is InChI=1S/C11H13N5O3S/c1-20-7-6-4(17)5(18)11(19-6)16-9-3(15-10(7)16)8(12)13-2-14-9/h2,4-7,11,17-18H,1H3,(H2,12,13,14)/t4-,5+,6-,7?,11+/m0/s1. The Morgan fingerprint density at radius 1 is 1.35 bits per heavy atom. The zero-order valence-corrected chi connectivity index (χ0v) is 11.4. The maximum absolute atomic E-state index is 10.2. The summed E-state index contributed by atoms with van der Waals surface area (Å²) >= 11 is 1.51. The highest BCUT2D eigenvalue weighted by Crippen LogP contribution is 2.48. The largest absolute Gasteiger partial charge is 0.387 e. The minimum atomic E-state index is -1.01. The first-order valence-electron chi connectivity index (χ1n) is 6.16. The fraction of sp³-hybridized carbons (Fsp3) is 0.545. The Hall–Kier alpha value is -1.42. The van der Waals surface area contributed by atoms with Gasteiger partial charge in [-0.2, -0.15) is 11.8 Å². The zero-order chi connectivity index (χ0) is 14.0. The number of imidazole rings is 1. The van der Waals surface area contributed by atoms with E-state index in [1.165, 1.54) is 18.1 Å². The zero-order valence-electron chi connectivity index (χ0n) is 10.5. The first kappa shape index (κ1) is 12.3. The summed E-state index contributed by atoms with van der Waals surface area (Å²) in [7, 11) is 0. The van der Waals surface area contributed by atoms with E-state index in [1.807, 2.05) is 6.26 Å². The third-order valence-corrected chi connectivity index (χ3v) is 4.86. The molecule has 2 aromatic rings. The molecular weight excluding hydrogens is 282 g/mol. The van der Waals surface area contributed by atoms with Gasteiger partial charge in [0, 0.05) is 0 Å². The number of ether oxygens (including phenoxy) is 1. The molecule has 0 amide bonds. The lowest BCUT2D eigenvalue weighted by molar-refractivity contribution is -0.0538. The second kappa shape index (κ2) is 4.04. The quantitative estimate of drug-likeness (QED) is 0.641. The summed E-state index contributed by atoms with van der Waals surface area (Å²) in [6.07, 6.45) is 0.142. The van der Waals surface area contributed by atoms with Gasteiger partial charge in [0.2, 0.25) is 0 Å². The molecule has 2 bridgehead atoms. The molecule has 4 heterocycles. The summed E-state index contributed by atoms with van der Waals surface area (Å²) in [6.45, 7) is 0. The van der Waals surface area contributed by atoms with E-state index in [1.54, 1.807) is 4.57 Å². The van der Waals surface area contributed by atoms with Gasteiger partial charge in [-0.3, -0.25) is 4.57 Å². The molecule has 2 aromatic heterocycles. The summed E-state index contributed by atoms with van der Waals surface area (Å²) in [6, 6.07) is 0. The molecule has 0 spiro atoms. The number of aliphatic hydroxyl groups excluding tert-OH is 2. The van der Waals surface area contributed by atoms with Crippen molar-refractivity contribution < 1.29 is 14.9 Å². The molecule has 0 aliphatic carbocycles. The molecule has 106 valence electrons. The summed E-state index contributed by atoms with van der Waals surface area (Å²) in [5.41, 5.74) is 6.84. The van der Waals surface area contributed by atoms with Crippen LogP contribution in [-0.2, 0) is 4.74 Å². The second-order valence-electron chi connectivity index (χ2n) is 4.90. The van der Waals surface area contributed by atoms with Gasteiger partial charge in [-0.25, -0.2) is 15.0 Å². The molecule has 4 N–H and O–H groups in total. The first-order valence-corrected chi connectivity index (χ1v) is 7.45. The van der Waals surface area contributed by atoms with Crippen molar-refractivity contribution in [3.8, 4) is 0 Å². The van der Waals surface area contributed by atoms with Crippen LogP contribution in [0, 0.1) is 0 Å². The predicted octanol–water partition coefficient (Wildman–Crippen LogP) is -0.555. The summed E-state index contributed by atoms with van der Waals surface area (Å²) in [5, 5.41) is 20.1. The normalized spacial score (nSPS) is 35.5. The monoisotopic (exact) mass is 295 g/mol. The van der Waals surface area contributed by atoms with E-state index in [-0.39, 0.29) is 5.25 Å². The number of rotatable bonds is 1. The third kappa shape index (κ3) is 1.35. The maximum atomic E-state index is 10.2. The number of hydrogen-bond donors (Lipinski definition) is 3. The molecule has 20 heavy (non-hydrogen) atoms. The lowest BCUT2D eigenvalue weighted by Crippen LogP contribution is -2.32. The van der Waals surface area contributed by atoms with Gasteiger partial charge in [0.1, 0.15) is 30.5 Å². The number of anilines is 1. The van der Waals surface area contributed by atoms with E-state index >= 15 is 0 Å². The highest BCUT2D eigenvalue weighted by atomic mass is 32.2. The van der Waals surface area contributed by atoms with Crippen molar-refractivity contribution in [3.63, 3.8) is 0 Å². The van der Waals surface area contributed by atoms with Gasteiger partial charge in [0.05, 0.1) is 5.25 Å². The number of nitrogens with zero attached hydrogens (tertiary/aromatic N) is 4. The smallest absolute Gasteiger partial charge is 0.167 e. The topological polar surface area (TPSA) is 119 Å². The predicted molar refractivity (Wildman–Crippen MR) is 71.9 cm³/mol. The Balaban J connectivity index is 2.02. The van der Waals surface area contributed by atoms with E-state index in [4.69, 9.17) is 10.5 Å². The van der Waals surface area contributed by atoms with Crippen LogP contribution in [0.3, 0.4) is 0 Å². The van der Waals surface area contributed by atoms with E-state index in [9.17, 15) is 10.2 Å². The minimum Gasteiger partial charge on any atom is -0.387 e. The van der Waals surface area contributed by atoms with Crippen LogP contribution >= 0.6 is 11.8 Å².